The minimum Gasteiger partial charge on any atom is -0.250 e. The molecule has 0 saturated heterocycles. The van der Waals surface area contributed by atoms with Gasteiger partial charge in [0.25, 0.3) is 0 Å². The zero-order valence-corrected chi connectivity index (χ0v) is 10.4. The van der Waals surface area contributed by atoms with Crippen LogP contribution in [0.2, 0.25) is 5.15 Å². The first-order chi connectivity index (χ1) is 8.74. The van der Waals surface area contributed by atoms with E-state index in [0.29, 0.717) is 16.7 Å². The Labute approximate surface area is 109 Å². The van der Waals surface area contributed by atoms with E-state index in [1.165, 1.54) is 6.07 Å². The van der Waals surface area contributed by atoms with Crippen LogP contribution in [0.1, 0.15) is 24.1 Å². The first-order valence-electron chi connectivity index (χ1n) is 5.91. The van der Waals surface area contributed by atoms with Crippen LogP contribution in [0.4, 0.5) is 4.39 Å². The molecule has 92 valence electrons. The van der Waals surface area contributed by atoms with Crippen molar-refractivity contribution < 1.29 is 4.39 Å². The maximum atomic E-state index is 12.8. The van der Waals surface area contributed by atoms with Gasteiger partial charge >= 0.3 is 0 Å². The van der Waals surface area contributed by atoms with Gasteiger partial charge in [-0.15, -0.1) is 0 Å². The number of halogens is 2. The third kappa shape index (κ3) is 2.08. The number of rotatable bonds is 1. The van der Waals surface area contributed by atoms with Crippen molar-refractivity contribution in [3.8, 4) is 11.5 Å². The minimum absolute atomic E-state index is 0.372. The summed E-state index contributed by atoms with van der Waals surface area (Å²) >= 11 is 6.18. The van der Waals surface area contributed by atoms with E-state index in [0.717, 1.165) is 43.1 Å². The highest BCUT2D eigenvalue weighted by molar-refractivity contribution is 6.30. The van der Waals surface area contributed by atoms with Gasteiger partial charge in [-0.05, 0) is 37.8 Å². The molecule has 1 aliphatic carbocycles. The Balaban J connectivity index is 2.08. The maximum absolute atomic E-state index is 12.8. The molecule has 0 unspecified atom stereocenters. The molecule has 0 aliphatic heterocycles. The van der Waals surface area contributed by atoms with Gasteiger partial charge in [0.15, 0.2) is 5.82 Å². The second kappa shape index (κ2) is 4.61. The summed E-state index contributed by atoms with van der Waals surface area (Å²) in [5.74, 6) is 0.100. The molecule has 0 atom stereocenters. The van der Waals surface area contributed by atoms with Gasteiger partial charge in [-0.1, -0.05) is 11.6 Å². The summed E-state index contributed by atoms with van der Waals surface area (Å²) in [7, 11) is 0. The molecule has 3 nitrogen and oxygen atoms in total. The van der Waals surface area contributed by atoms with E-state index in [4.69, 9.17) is 11.6 Å². The van der Waals surface area contributed by atoms with E-state index in [1.54, 1.807) is 6.07 Å². The molecule has 0 fully saturated rings. The Hall–Kier alpha value is -1.55. The van der Waals surface area contributed by atoms with Crippen molar-refractivity contribution >= 4 is 11.6 Å². The fraction of sp³-hybridized carbons (Fsp3) is 0.308. The number of pyridine rings is 1. The lowest BCUT2D eigenvalue weighted by atomic mass is 9.97. The van der Waals surface area contributed by atoms with Crippen LogP contribution in [0.15, 0.2) is 18.3 Å². The molecule has 18 heavy (non-hydrogen) atoms. The smallest absolute Gasteiger partial charge is 0.179 e. The van der Waals surface area contributed by atoms with Gasteiger partial charge in [0.2, 0.25) is 0 Å². The first-order valence-corrected chi connectivity index (χ1v) is 6.29. The molecule has 0 saturated carbocycles. The van der Waals surface area contributed by atoms with Gasteiger partial charge in [-0.25, -0.2) is 19.3 Å². The van der Waals surface area contributed by atoms with Crippen LogP contribution in [-0.4, -0.2) is 15.0 Å². The molecular weight excluding hydrogens is 253 g/mol. The summed E-state index contributed by atoms with van der Waals surface area (Å²) in [5, 5.41) is 0.501. The van der Waals surface area contributed by atoms with Gasteiger partial charge in [0.1, 0.15) is 16.7 Å². The van der Waals surface area contributed by atoms with Gasteiger partial charge < -0.3 is 0 Å². The monoisotopic (exact) mass is 263 g/mol. The van der Waals surface area contributed by atoms with Crippen molar-refractivity contribution in [1.29, 1.82) is 0 Å². The molecule has 0 N–H and O–H groups in total. The molecule has 0 radical (unpaired) electrons. The number of aryl methyl sites for hydroxylation is 1. The number of nitrogens with zero attached hydrogens (tertiary/aromatic N) is 3. The third-order valence-corrected chi connectivity index (χ3v) is 3.40. The number of hydrogen-bond donors (Lipinski definition) is 0. The molecule has 0 spiro atoms. The highest BCUT2D eigenvalue weighted by atomic mass is 35.5. The van der Waals surface area contributed by atoms with E-state index >= 15 is 0 Å². The van der Waals surface area contributed by atoms with E-state index in [2.05, 4.69) is 15.0 Å². The fourth-order valence-electron chi connectivity index (χ4n) is 2.17. The molecular formula is C13H11ClFN3. The van der Waals surface area contributed by atoms with Crippen LogP contribution in [0, 0.1) is 5.82 Å². The average molecular weight is 264 g/mol. The van der Waals surface area contributed by atoms with E-state index in [-0.39, 0.29) is 5.82 Å². The summed E-state index contributed by atoms with van der Waals surface area (Å²) in [6, 6.07) is 2.91. The van der Waals surface area contributed by atoms with Crippen molar-refractivity contribution in [2.45, 2.75) is 25.7 Å². The number of hydrogen-bond acceptors (Lipinski definition) is 3. The van der Waals surface area contributed by atoms with E-state index < -0.39 is 0 Å². The number of aromatic nitrogens is 3. The lowest BCUT2D eigenvalue weighted by molar-refractivity contribution is 0.621. The Morgan fingerprint density at radius 3 is 2.72 bits per heavy atom. The second-order valence-electron chi connectivity index (χ2n) is 4.33. The Kier molecular flexibility index (Phi) is 2.96. The van der Waals surface area contributed by atoms with E-state index in [1.807, 2.05) is 0 Å². The molecule has 2 aromatic heterocycles. The zero-order valence-electron chi connectivity index (χ0n) is 9.66. The van der Waals surface area contributed by atoms with Crippen LogP contribution in [-0.2, 0) is 12.8 Å². The first kappa shape index (κ1) is 11.5. The van der Waals surface area contributed by atoms with Gasteiger partial charge in [-0.2, -0.15) is 0 Å². The Bertz CT molecular complexity index is 584. The highest BCUT2D eigenvalue weighted by Crippen LogP contribution is 2.27. The van der Waals surface area contributed by atoms with E-state index in [9.17, 15) is 4.39 Å². The van der Waals surface area contributed by atoms with Crippen molar-refractivity contribution in [1.82, 2.24) is 15.0 Å². The summed E-state index contributed by atoms with van der Waals surface area (Å²) in [6.45, 7) is 0. The normalized spacial score (nSPS) is 14.3. The molecule has 3 rings (SSSR count). The van der Waals surface area contributed by atoms with Gasteiger partial charge in [-0.3, -0.25) is 0 Å². The summed E-state index contributed by atoms with van der Waals surface area (Å²) in [4.78, 5) is 12.7. The lowest BCUT2D eigenvalue weighted by Crippen LogP contribution is -2.09. The van der Waals surface area contributed by atoms with Crippen molar-refractivity contribution in [3.63, 3.8) is 0 Å². The average Bonchev–Trinajstić information content (AvgIpc) is 2.39. The lowest BCUT2D eigenvalue weighted by Gasteiger charge is -2.16. The summed E-state index contributed by atoms with van der Waals surface area (Å²) in [5.41, 5.74) is 2.60. The van der Waals surface area contributed by atoms with Crippen LogP contribution in [0.25, 0.3) is 11.5 Å². The predicted molar refractivity (Wildman–Crippen MR) is 66.9 cm³/mol. The molecule has 5 heteroatoms. The minimum atomic E-state index is -0.372. The third-order valence-electron chi connectivity index (χ3n) is 3.09. The molecule has 0 bridgehead atoms. The predicted octanol–water partition coefficient (Wildman–Crippen LogP) is 3.21. The second-order valence-corrected chi connectivity index (χ2v) is 4.69. The van der Waals surface area contributed by atoms with Gasteiger partial charge in [0, 0.05) is 11.3 Å². The van der Waals surface area contributed by atoms with Gasteiger partial charge in [0.05, 0.1) is 6.20 Å². The molecule has 2 aromatic rings. The maximum Gasteiger partial charge on any atom is 0.179 e. The van der Waals surface area contributed by atoms with Crippen molar-refractivity contribution in [2.24, 2.45) is 0 Å². The Morgan fingerprint density at radius 1 is 1.11 bits per heavy atom. The standard InChI is InChI=1S/C13H11ClFN3/c14-12-9-3-1-2-4-10(9)17-13(18-12)11-6-5-8(15)7-16-11/h5-7H,1-4H2. The Morgan fingerprint density at radius 2 is 1.94 bits per heavy atom. The largest absolute Gasteiger partial charge is 0.250 e. The molecule has 2 heterocycles. The van der Waals surface area contributed by atoms with Crippen LogP contribution in [0.5, 0.6) is 0 Å². The van der Waals surface area contributed by atoms with Crippen LogP contribution in [0.3, 0.4) is 0 Å². The number of fused-ring (bicyclic) bond motifs is 1. The summed E-state index contributed by atoms with van der Waals surface area (Å²) < 4.78 is 12.8. The molecule has 0 amide bonds. The molecule has 0 aromatic carbocycles. The summed E-state index contributed by atoms with van der Waals surface area (Å²) in [6.07, 6.45) is 5.27. The zero-order chi connectivity index (χ0) is 12.5. The van der Waals surface area contributed by atoms with Crippen LogP contribution >= 0.6 is 11.6 Å². The molecule has 1 aliphatic rings. The fourth-order valence-corrected chi connectivity index (χ4v) is 2.45. The quantitative estimate of drug-likeness (QED) is 0.742. The topological polar surface area (TPSA) is 38.7 Å². The highest BCUT2D eigenvalue weighted by Gasteiger charge is 2.17. The SMILES string of the molecule is Fc1ccc(-c2nc(Cl)c3c(n2)CCCC3)nc1. The van der Waals surface area contributed by atoms with Crippen LogP contribution < -0.4 is 0 Å². The van der Waals surface area contributed by atoms with Crippen molar-refractivity contribution in [2.75, 3.05) is 0 Å². The van der Waals surface area contributed by atoms with Crippen molar-refractivity contribution in [3.05, 3.63) is 40.6 Å².